The zero-order valence-electron chi connectivity index (χ0n) is 23.5. The van der Waals surface area contributed by atoms with Crippen molar-refractivity contribution in [1.82, 2.24) is 16.0 Å². The molecule has 3 amide bonds. The highest BCUT2D eigenvalue weighted by molar-refractivity contribution is 7.92. The smallest absolute Gasteiger partial charge is 0.426 e. The molecular weight excluding hydrogens is 533 g/mol. The van der Waals surface area contributed by atoms with Gasteiger partial charge in [-0.1, -0.05) is 57.0 Å². The van der Waals surface area contributed by atoms with Gasteiger partial charge >= 0.3 is 7.12 Å². The highest BCUT2D eigenvalue weighted by atomic mass is 32.2. The number of benzene rings is 2. The molecule has 0 bridgehead atoms. The SMILES string of the molecule is CCCCc1ccc(C(=O)N[C@@H](CNC(=O)CS(=O)(=O)c2ccc(C)cc2)C(=O)N[C@@H](CC(C)C)B(O)O)cc1. The number of hydrogen-bond donors (Lipinski definition) is 5. The second-order valence-electron chi connectivity index (χ2n) is 10.4. The number of hydrogen-bond acceptors (Lipinski definition) is 7. The Morgan fingerprint density at radius 3 is 2.12 bits per heavy atom. The number of carbonyl (C=O) groups is 3. The Kier molecular flexibility index (Phi) is 12.8. The van der Waals surface area contributed by atoms with Gasteiger partial charge in [-0.3, -0.25) is 14.4 Å². The van der Waals surface area contributed by atoms with Gasteiger partial charge in [0.05, 0.1) is 10.8 Å². The molecule has 2 atom stereocenters. The molecule has 0 aliphatic rings. The third-order valence-corrected chi connectivity index (χ3v) is 7.91. The lowest BCUT2D eigenvalue weighted by Gasteiger charge is -2.24. The van der Waals surface area contributed by atoms with E-state index in [4.69, 9.17) is 0 Å². The second kappa shape index (κ2) is 15.5. The van der Waals surface area contributed by atoms with Crippen LogP contribution in [0.4, 0.5) is 0 Å². The summed E-state index contributed by atoms with van der Waals surface area (Å²) in [5, 5.41) is 27.0. The fraction of sp³-hybridized carbons (Fsp3) is 0.464. The van der Waals surface area contributed by atoms with Gasteiger partial charge in [0.2, 0.25) is 11.8 Å². The van der Waals surface area contributed by atoms with Gasteiger partial charge in [-0.2, -0.15) is 0 Å². The van der Waals surface area contributed by atoms with E-state index >= 15 is 0 Å². The summed E-state index contributed by atoms with van der Waals surface area (Å²) in [6.07, 6.45) is 3.19. The van der Waals surface area contributed by atoms with Crippen LogP contribution in [0.25, 0.3) is 0 Å². The lowest BCUT2D eigenvalue weighted by Crippen LogP contribution is -2.57. The highest BCUT2D eigenvalue weighted by Gasteiger charge is 2.30. The van der Waals surface area contributed by atoms with Crippen molar-refractivity contribution in [2.75, 3.05) is 12.3 Å². The molecular formula is C28H40BN3O7S. The average Bonchev–Trinajstić information content (AvgIpc) is 2.89. The summed E-state index contributed by atoms with van der Waals surface area (Å²) in [6, 6.07) is 11.7. The van der Waals surface area contributed by atoms with Crippen LogP contribution in [-0.2, 0) is 25.8 Å². The van der Waals surface area contributed by atoms with E-state index in [1.165, 1.54) is 12.1 Å². The molecule has 0 saturated heterocycles. The summed E-state index contributed by atoms with van der Waals surface area (Å²) < 4.78 is 25.3. The lowest BCUT2D eigenvalue weighted by molar-refractivity contribution is -0.123. The number of unbranched alkanes of at least 4 members (excludes halogenated alkanes) is 1. The first-order chi connectivity index (χ1) is 18.8. The van der Waals surface area contributed by atoms with E-state index in [-0.39, 0.29) is 17.2 Å². The van der Waals surface area contributed by atoms with Crippen LogP contribution in [0.15, 0.2) is 53.4 Å². The van der Waals surface area contributed by atoms with Gasteiger partial charge in [-0.25, -0.2) is 8.42 Å². The van der Waals surface area contributed by atoms with Crippen LogP contribution in [0.3, 0.4) is 0 Å². The van der Waals surface area contributed by atoms with Gasteiger partial charge in [0.25, 0.3) is 5.91 Å². The molecule has 12 heteroatoms. The number of nitrogens with one attached hydrogen (secondary N) is 3. The molecule has 0 heterocycles. The van der Waals surface area contributed by atoms with Crippen molar-refractivity contribution in [2.24, 2.45) is 5.92 Å². The van der Waals surface area contributed by atoms with Crippen LogP contribution in [0.1, 0.15) is 61.5 Å². The normalized spacial score (nSPS) is 12.9. The fourth-order valence-corrected chi connectivity index (χ4v) is 5.13. The summed E-state index contributed by atoms with van der Waals surface area (Å²) in [7, 11) is -5.77. The standard InChI is InChI=1S/C28H40BN3O7S/c1-5-6-7-21-10-12-22(13-11-21)27(34)31-24(28(35)32-25(29(36)37)16-19(2)3)17-30-26(33)18-40(38,39)23-14-8-20(4)9-15-23/h8-15,19,24-25,36-37H,5-7,16-18H2,1-4H3,(H,30,33)(H,31,34)(H,32,35)/t24-,25-/m0/s1. The number of aryl methyl sites for hydroxylation is 2. The molecule has 5 N–H and O–H groups in total. The predicted octanol–water partition coefficient (Wildman–Crippen LogP) is 1.57. The first-order valence-corrected chi connectivity index (χ1v) is 15.1. The Bertz CT molecular complexity index is 1230. The highest BCUT2D eigenvalue weighted by Crippen LogP contribution is 2.12. The number of carbonyl (C=O) groups excluding carboxylic acids is 3. The molecule has 0 fully saturated rings. The maximum absolute atomic E-state index is 13.1. The summed E-state index contributed by atoms with van der Waals surface area (Å²) in [5.74, 6) is -4.01. The predicted molar refractivity (Wildman–Crippen MR) is 154 cm³/mol. The number of amides is 3. The van der Waals surface area contributed by atoms with Crippen LogP contribution >= 0.6 is 0 Å². The lowest BCUT2D eigenvalue weighted by atomic mass is 9.75. The molecule has 218 valence electrons. The fourth-order valence-electron chi connectivity index (χ4n) is 3.97. The Morgan fingerprint density at radius 1 is 0.950 bits per heavy atom. The quantitative estimate of drug-likeness (QED) is 0.202. The minimum Gasteiger partial charge on any atom is -0.426 e. The van der Waals surface area contributed by atoms with Crippen molar-refractivity contribution in [1.29, 1.82) is 0 Å². The monoisotopic (exact) mass is 573 g/mol. The molecule has 2 aromatic rings. The van der Waals surface area contributed by atoms with Gasteiger partial charge in [0.15, 0.2) is 9.84 Å². The molecule has 0 aliphatic carbocycles. The summed E-state index contributed by atoms with van der Waals surface area (Å²) in [5.41, 5.74) is 2.24. The topological polar surface area (TPSA) is 162 Å². The molecule has 0 aromatic heterocycles. The molecule has 0 aliphatic heterocycles. The van der Waals surface area contributed by atoms with Crippen molar-refractivity contribution in [3.63, 3.8) is 0 Å². The van der Waals surface area contributed by atoms with E-state index in [2.05, 4.69) is 22.9 Å². The number of sulfone groups is 1. The van der Waals surface area contributed by atoms with Gasteiger partial charge in [-0.15, -0.1) is 0 Å². The third kappa shape index (κ3) is 10.7. The van der Waals surface area contributed by atoms with Crippen molar-refractivity contribution >= 4 is 34.7 Å². The third-order valence-electron chi connectivity index (χ3n) is 6.27. The van der Waals surface area contributed by atoms with Crippen LogP contribution in [0.5, 0.6) is 0 Å². The molecule has 10 nitrogen and oxygen atoms in total. The maximum Gasteiger partial charge on any atom is 0.475 e. The second-order valence-corrected chi connectivity index (χ2v) is 12.4. The Labute approximate surface area is 237 Å². The van der Waals surface area contributed by atoms with Crippen LogP contribution in [0, 0.1) is 12.8 Å². The van der Waals surface area contributed by atoms with E-state index in [0.29, 0.717) is 5.56 Å². The summed E-state index contributed by atoms with van der Waals surface area (Å²) in [6.45, 7) is 7.18. The molecule has 0 unspecified atom stereocenters. The van der Waals surface area contributed by atoms with Gasteiger partial charge in [-0.05, 0) is 61.9 Å². The Morgan fingerprint density at radius 2 is 1.57 bits per heavy atom. The molecule has 0 radical (unpaired) electrons. The van der Waals surface area contributed by atoms with Gasteiger partial charge in [0, 0.05) is 12.1 Å². The van der Waals surface area contributed by atoms with Crippen molar-refractivity contribution in [3.05, 3.63) is 65.2 Å². The van der Waals surface area contributed by atoms with E-state index in [9.17, 15) is 32.8 Å². The van der Waals surface area contributed by atoms with Crippen LogP contribution < -0.4 is 16.0 Å². The van der Waals surface area contributed by atoms with Gasteiger partial charge < -0.3 is 26.0 Å². The Hall–Kier alpha value is -3.22. The molecule has 0 spiro atoms. The van der Waals surface area contributed by atoms with Crippen LogP contribution in [0.2, 0.25) is 0 Å². The van der Waals surface area contributed by atoms with Crippen LogP contribution in [-0.4, -0.2) is 67.6 Å². The summed E-state index contributed by atoms with van der Waals surface area (Å²) >= 11 is 0. The van der Waals surface area contributed by atoms with Crippen molar-refractivity contribution in [3.8, 4) is 0 Å². The summed E-state index contributed by atoms with van der Waals surface area (Å²) in [4.78, 5) is 38.6. The van der Waals surface area contributed by atoms with E-state index < -0.39 is 59.0 Å². The molecule has 2 aromatic carbocycles. The molecule has 0 saturated carbocycles. The van der Waals surface area contributed by atoms with Crippen molar-refractivity contribution < 1.29 is 32.8 Å². The zero-order chi connectivity index (χ0) is 29.9. The Balaban J connectivity index is 2.16. The number of rotatable bonds is 15. The largest absolute Gasteiger partial charge is 0.475 e. The van der Waals surface area contributed by atoms with E-state index in [1.807, 2.05) is 32.9 Å². The first kappa shape index (κ1) is 33.0. The van der Waals surface area contributed by atoms with E-state index in [1.54, 1.807) is 24.3 Å². The maximum atomic E-state index is 13.1. The molecule has 2 rings (SSSR count). The zero-order valence-corrected chi connectivity index (χ0v) is 24.3. The minimum absolute atomic E-state index is 0.00769. The molecule has 40 heavy (non-hydrogen) atoms. The van der Waals surface area contributed by atoms with Gasteiger partial charge in [0.1, 0.15) is 11.8 Å². The van der Waals surface area contributed by atoms with E-state index in [0.717, 1.165) is 30.4 Å². The van der Waals surface area contributed by atoms with Crippen molar-refractivity contribution in [2.45, 2.75) is 70.3 Å². The average molecular weight is 574 g/mol. The first-order valence-electron chi connectivity index (χ1n) is 13.4. The minimum atomic E-state index is -3.93.